The maximum absolute atomic E-state index is 13.1. The van der Waals surface area contributed by atoms with Crippen LogP contribution < -0.4 is 15.6 Å². The van der Waals surface area contributed by atoms with Gasteiger partial charge in [0.15, 0.2) is 29.8 Å². The molecule has 0 aliphatic carbocycles. The zero-order valence-corrected chi connectivity index (χ0v) is 23.2. The summed E-state index contributed by atoms with van der Waals surface area (Å²) in [7, 11) is 1.28. The van der Waals surface area contributed by atoms with E-state index >= 15 is 0 Å². The number of amides is 2. The van der Waals surface area contributed by atoms with Crippen molar-refractivity contribution >= 4 is 51.7 Å². The van der Waals surface area contributed by atoms with Crippen LogP contribution in [0, 0.1) is 0 Å². The molecule has 3 aromatic rings. The number of carbonyl (C=O) groups is 3. The average Bonchev–Trinajstić information content (AvgIpc) is 3.60. The number of thiazole rings is 1. The first-order chi connectivity index (χ1) is 19.2. The van der Waals surface area contributed by atoms with Gasteiger partial charge in [0, 0.05) is 40.3 Å². The van der Waals surface area contributed by atoms with Gasteiger partial charge in [-0.2, -0.15) is 4.98 Å². The molecule has 5 rings (SSSR count). The maximum atomic E-state index is 13.1. The Labute approximate surface area is 235 Å². The number of β-lactam (4-membered cyclic amide) rings is 1. The van der Waals surface area contributed by atoms with Crippen LogP contribution >= 0.6 is 23.1 Å². The summed E-state index contributed by atoms with van der Waals surface area (Å²) in [5.41, 5.74) is 6.95. The minimum Gasteiger partial charge on any atom is -0.477 e. The van der Waals surface area contributed by atoms with E-state index in [2.05, 4.69) is 25.6 Å². The predicted molar refractivity (Wildman–Crippen MR) is 144 cm³/mol. The SMILES string of the molecule is CO/N=C(\C(=O)N[C@@H]1C(=O)N2C(C(=O)O)=C(C[n+]3ccc(-c4noc(C(C)C)n4)cc3)CS[C@@H]12)c1csc(N)n1. The van der Waals surface area contributed by atoms with Crippen LogP contribution in [-0.4, -0.2) is 72.9 Å². The van der Waals surface area contributed by atoms with Gasteiger partial charge in [-0.05, 0) is 0 Å². The number of hydrogen-bond acceptors (Lipinski definition) is 12. The normalized spacial score (nSPS) is 18.9. The van der Waals surface area contributed by atoms with Gasteiger partial charge in [0.05, 0.1) is 0 Å². The van der Waals surface area contributed by atoms with E-state index in [1.54, 1.807) is 17.8 Å². The molecule has 208 valence electrons. The zero-order valence-electron chi connectivity index (χ0n) is 21.6. The second kappa shape index (κ2) is 11.1. The highest BCUT2D eigenvalue weighted by Crippen LogP contribution is 2.40. The first-order valence-corrected chi connectivity index (χ1v) is 14.0. The summed E-state index contributed by atoms with van der Waals surface area (Å²) in [6.45, 7) is 4.17. The molecule has 1 saturated heterocycles. The Balaban J connectivity index is 1.31. The number of carboxylic acids is 1. The lowest BCUT2D eigenvalue weighted by molar-refractivity contribution is -0.689. The fourth-order valence-corrected chi connectivity index (χ4v) is 6.11. The number of nitrogen functional groups attached to an aromatic ring is 1. The Kier molecular flexibility index (Phi) is 7.53. The van der Waals surface area contributed by atoms with Crippen LogP contribution in [0.4, 0.5) is 5.13 Å². The Hall–Kier alpha value is -4.31. The zero-order chi connectivity index (χ0) is 28.6. The number of thioether (sulfide) groups is 1. The van der Waals surface area contributed by atoms with Gasteiger partial charge in [-0.15, -0.1) is 23.1 Å². The minimum atomic E-state index is -1.22. The van der Waals surface area contributed by atoms with Gasteiger partial charge >= 0.3 is 5.97 Å². The van der Waals surface area contributed by atoms with Gasteiger partial charge in [0.2, 0.25) is 11.7 Å². The Morgan fingerprint density at radius 1 is 1.35 bits per heavy atom. The van der Waals surface area contributed by atoms with E-state index in [4.69, 9.17) is 15.1 Å². The number of aliphatic carboxylic acids is 1. The topological polar surface area (TPSA) is 190 Å². The van der Waals surface area contributed by atoms with Crippen LogP contribution in [0.1, 0.15) is 31.4 Å². The van der Waals surface area contributed by atoms with Crippen LogP contribution in [-0.2, 0) is 25.8 Å². The van der Waals surface area contributed by atoms with Crippen molar-refractivity contribution in [3.8, 4) is 11.4 Å². The number of oxime groups is 1. The number of nitrogens with zero attached hydrogens (tertiary/aromatic N) is 6. The Morgan fingerprint density at radius 3 is 2.70 bits per heavy atom. The minimum absolute atomic E-state index is 0.0892. The molecule has 2 aliphatic heterocycles. The highest BCUT2D eigenvalue weighted by atomic mass is 32.2. The molecule has 2 atom stereocenters. The largest absolute Gasteiger partial charge is 0.477 e. The van der Waals surface area contributed by atoms with Crippen molar-refractivity contribution in [3.05, 3.63) is 52.8 Å². The van der Waals surface area contributed by atoms with Crippen molar-refractivity contribution in [2.45, 2.75) is 37.7 Å². The van der Waals surface area contributed by atoms with Crippen LogP contribution in [0.25, 0.3) is 11.4 Å². The lowest BCUT2D eigenvalue weighted by atomic mass is 10.0. The van der Waals surface area contributed by atoms with Gasteiger partial charge in [0.25, 0.3) is 11.8 Å². The first-order valence-electron chi connectivity index (χ1n) is 12.0. The summed E-state index contributed by atoms with van der Waals surface area (Å²) >= 11 is 2.49. The van der Waals surface area contributed by atoms with Crippen molar-refractivity contribution in [2.24, 2.45) is 5.16 Å². The first kappa shape index (κ1) is 27.3. The third kappa shape index (κ3) is 5.14. The van der Waals surface area contributed by atoms with Crippen molar-refractivity contribution in [1.29, 1.82) is 0 Å². The highest BCUT2D eigenvalue weighted by Gasteiger charge is 2.54. The molecule has 1 fully saturated rings. The molecular formula is C24H25N8O6S2+. The molecule has 2 amide bonds. The summed E-state index contributed by atoms with van der Waals surface area (Å²) in [5.74, 6) is -0.971. The molecule has 0 saturated carbocycles. The number of pyridine rings is 1. The van der Waals surface area contributed by atoms with Gasteiger partial charge in [-0.1, -0.05) is 24.2 Å². The molecule has 40 heavy (non-hydrogen) atoms. The predicted octanol–water partition coefficient (Wildman–Crippen LogP) is 0.976. The fraction of sp³-hybridized carbons (Fsp3) is 0.333. The molecule has 4 N–H and O–H groups in total. The molecule has 0 spiro atoms. The van der Waals surface area contributed by atoms with Crippen LogP contribution in [0.15, 0.2) is 50.9 Å². The van der Waals surface area contributed by atoms with Gasteiger partial charge < -0.3 is 25.5 Å². The molecule has 5 heterocycles. The van der Waals surface area contributed by atoms with E-state index in [9.17, 15) is 19.5 Å². The number of nitrogens with one attached hydrogen (secondary N) is 1. The van der Waals surface area contributed by atoms with Crippen molar-refractivity contribution in [2.75, 3.05) is 18.6 Å². The lowest BCUT2D eigenvalue weighted by Gasteiger charge is -2.49. The van der Waals surface area contributed by atoms with Crippen molar-refractivity contribution in [3.63, 3.8) is 0 Å². The smallest absolute Gasteiger partial charge is 0.352 e. The molecule has 2 aliphatic rings. The number of fused-ring (bicyclic) bond motifs is 1. The van der Waals surface area contributed by atoms with Crippen molar-refractivity contribution in [1.82, 2.24) is 25.3 Å². The molecule has 16 heteroatoms. The van der Waals surface area contributed by atoms with E-state index in [-0.39, 0.29) is 34.7 Å². The summed E-state index contributed by atoms with van der Waals surface area (Å²) < 4.78 is 7.07. The molecule has 0 radical (unpaired) electrons. The molecule has 0 bridgehead atoms. The van der Waals surface area contributed by atoms with Crippen LogP contribution in [0.5, 0.6) is 0 Å². The number of carbonyl (C=O) groups excluding carboxylic acids is 2. The second-order valence-corrected chi connectivity index (χ2v) is 11.2. The second-order valence-electron chi connectivity index (χ2n) is 9.18. The van der Waals surface area contributed by atoms with E-state index in [0.29, 0.717) is 23.0 Å². The Bertz CT molecular complexity index is 1530. The van der Waals surface area contributed by atoms with Gasteiger partial charge in [-0.3, -0.25) is 14.5 Å². The van der Waals surface area contributed by atoms with Crippen LogP contribution in [0.2, 0.25) is 0 Å². The van der Waals surface area contributed by atoms with Crippen molar-refractivity contribution < 1.29 is 33.4 Å². The van der Waals surface area contributed by atoms with E-state index in [1.165, 1.54) is 23.8 Å². The lowest BCUT2D eigenvalue weighted by Crippen LogP contribution is -2.71. The number of carboxylic acid groups (broad SMARTS) is 1. The molecule has 0 unspecified atom stereocenters. The quantitative estimate of drug-likeness (QED) is 0.140. The molecular weight excluding hydrogens is 560 g/mol. The summed E-state index contributed by atoms with van der Waals surface area (Å²) in [5, 5.41) is 21.6. The third-order valence-electron chi connectivity index (χ3n) is 6.16. The molecule has 3 aromatic heterocycles. The average molecular weight is 586 g/mol. The number of nitrogens with two attached hydrogens (primary N) is 1. The van der Waals surface area contributed by atoms with Gasteiger partial charge in [-0.25, -0.2) is 14.3 Å². The number of rotatable bonds is 9. The summed E-state index contributed by atoms with van der Waals surface area (Å²) in [6, 6.07) is 2.68. The fourth-order valence-electron chi connectivity index (χ4n) is 4.23. The van der Waals surface area contributed by atoms with Gasteiger partial charge in [0.1, 0.15) is 29.9 Å². The molecule has 0 aromatic carbocycles. The van der Waals surface area contributed by atoms with E-state index in [1.807, 2.05) is 30.5 Å². The standard InChI is InChI=1S/C24H24N8O6S2/c1-11(2)20-28-18(30-38-20)12-4-6-31(7-5-12)8-13-9-39-22-16(21(34)32(22)17(13)23(35)36)27-19(33)15(29-37-3)14-10-40-24(25)26-14/h4-7,10-11,16,22H,8-9H2,1-3H3,(H3-,25,26,27,33,35,36)/p+1/b29-15-/t16-,22+/m1/s1. The monoisotopic (exact) mass is 585 g/mol. The Morgan fingerprint density at radius 2 is 2.10 bits per heavy atom. The number of anilines is 1. The van der Waals surface area contributed by atoms with E-state index < -0.39 is 29.2 Å². The third-order valence-corrected chi connectivity index (χ3v) is 8.17. The molecule has 14 nitrogen and oxygen atoms in total. The van der Waals surface area contributed by atoms with E-state index in [0.717, 1.165) is 16.9 Å². The highest BCUT2D eigenvalue weighted by molar-refractivity contribution is 8.00. The summed E-state index contributed by atoms with van der Waals surface area (Å²) in [6.07, 6.45) is 3.57. The maximum Gasteiger partial charge on any atom is 0.352 e. The number of aromatic nitrogens is 4. The number of hydrogen-bond donors (Lipinski definition) is 3. The van der Waals surface area contributed by atoms with Crippen LogP contribution in [0.3, 0.4) is 0 Å². The summed E-state index contributed by atoms with van der Waals surface area (Å²) in [4.78, 5) is 52.7.